The molecule has 0 heterocycles. The average molecular weight is 279 g/mol. The van der Waals surface area contributed by atoms with E-state index in [0.29, 0.717) is 13.0 Å². The molecule has 0 radical (unpaired) electrons. The second kappa shape index (κ2) is 7.63. The fraction of sp³-hybridized carbons (Fsp3) is 0.400. The first-order valence-electron chi connectivity index (χ1n) is 6.28. The zero-order chi connectivity index (χ0) is 15.1. The molecule has 0 spiro atoms. The predicted octanol–water partition coefficient (Wildman–Crippen LogP) is 1.01. The lowest BCUT2D eigenvalue weighted by atomic mass is 10.1. The van der Waals surface area contributed by atoms with Crippen LogP contribution in [0.15, 0.2) is 18.2 Å². The number of amides is 1. The van der Waals surface area contributed by atoms with Gasteiger partial charge in [-0.25, -0.2) is 4.39 Å². The summed E-state index contributed by atoms with van der Waals surface area (Å²) in [6.45, 7) is 1.68. The van der Waals surface area contributed by atoms with Crippen molar-refractivity contribution in [2.45, 2.75) is 19.4 Å². The standard InChI is InChI=1S/C15H18FNO3/c1-11(19)7-8-17(2)15(20)14-6-5-13(16)10-12(14)4-3-9-18/h5-6,10-11,18-19H,7-9H2,1-2H3. The summed E-state index contributed by atoms with van der Waals surface area (Å²) in [5.41, 5.74) is 0.522. The molecule has 1 atom stereocenters. The van der Waals surface area contributed by atoms with E-state index < -0.39 is 11.9 Å². The Morgan fingerprint density at radius 2 is 2.20 bits per heavy atom. The van der Waals surface area contributed by atoms with Crippen LogP contribution in [0.3, 0.4) is 0 Å². The number of hydrogen-bond donors (Lipinski definition) is 2. The van der Waals surface area contributed by atoms with Gasteiger partial charge < -0.3 is 15.1 Å². The number of nitrogens with zero attached hydrogens (tertiary/aromatic N) is 1. The fourth-order valence-corrected chi connectivity index (χ4v) is 1.63. The van der Waals surface area contributed by atoms with Gasteiger partial charge in [0.05, 0.1) is 11.7 Å². The summed E-state index contributed by atoms with van der Waals surface area (Å²) in [6.07, 6.45) is -0.0340. The molecule has 0 aliphatic carbocycles. The molecule has 0 bridgehead atoms. The Bertz CT molecular complexity index is 532. The van der Waals surface area contributed by atoms with Crippen molar-refractivity contribution in [1.29, 1.82) is 0 Å². The van der Waals surface area contributed by atoms with Gasteiger partial charge in [0.1, 0.15) is 12.4 Å². The highest BCUT2D eigenvalue weighted by Crippen LogP contribution is 2.13. The molecule has 1 amide bonds. The summed E-state index contributed by atoms with van der Waals surface area (Å²) in [5.74, 6) is 4.18. The van der Waals surface area contributed by atoms with Crippen molar-refractivity contribution in [3.63, 3.8) is 0 Å². The van der Waals surface area contributed by atoms with Crippen molar-refractivity contribution >= 4 is 5.91 Å². The third kappa shape index (κ3) is 4.65. The molecule has 5 heteroatoms. The number of hydrogen-bond acceptors (Lipinski definition) is 3. The number of benzene rings is 1. The lowest BCUT2D eigenvalue weighted by Gasteiger charge is -2.18. The zero-order valence-electron chi connectivity index (χ0n) is 11.6. The Balaban J connectivity index is 2.97. The van der Waals surface area contributed by atoms with Crippen LogP contribution < -0.4 is 0 Å². The van der Waals surface area contributed by atoms with Crippen LogP contribution in [0.5, 0.6) is 0 Å². The highest BCUT2D eigenvalue weighted by Gasteiger charge is 2.16. The van der Waals surface area contributed by atoms with Gasteiger partial charge in [0.2, 0.25) is 0 Å². The SMILES string of the molecule is CC(O)CCN(C)C(=O)c1ccc(F)cc1C#CCO. The predicted molar refractivity (Wildman–Crippen MR) is 73.6 cm³/mol. The molecule has 1 aromatic carbocycles. The van der Waals surface area contributed by atoms with E-state index in [-0.39, 0.29) is 23.6 Å². The van der Waals surface area contributed by atoms with E-state index in [1.807, 2.05) is 0 Å². The van der Waals surface area contributed by atoms with E-state index in [2.05, 4.69) is 11.8 Å². The van der Waals surface area contributed by atoms with Crippen LogP contribution in [0.2, 0.25) is 0 Å². The smallest absolute Gasteiger partial charge is 0.254 e. The second-order valence-electron chi connectivity index (χ2n) is 4.51. The number of aliphatic hydroxyl groups is 2. The molecule has 108 valence electrons. The first-order valence-corrected chi connectivity index (χ1v) is 6.28. The molecule has 20 heavy (non-hydrogen) atoms. The second-order valence-corrected chi connectivity index (χ2v) is 4.51. The fourth-order valence-electron chi connectivity index (χ4n) is 1.63. The Hall–Kier alpha value is -1.90. The topological polar surface area (TPSA) is 60.8 Å². The number of aliphatic hydroxyl groups excluding tert-OH is 2. The van der Waals surface area contributed by atoms with Gasteiger partial charge in [-0.15, -0.1) is 0 Å². The number of carbonyl (C=O) groups excluding carboxylic acids is 1. The van der Waals surface area contributed by atoms with Gasteiger partial charge in [-0.2, -0.15) is 0 Å². The van der Waals surface area contributed by atoms with Gasteiger partial charge in [-0.1, -0.05) is 11.8 Å². The summed E-state index contributed by atoms with van der Waals surface area (Å²) < 4.78 is 13.2. The van der Waals surface area contributed by atoms with Gasteiger partial charge in [0.25, 0.3) is 5.91 Å². The molecule has 4 nitrogen and oxygen atoms in total. The molecule has 2 N–H and O–H groups in total. The third-order valence-electron chi connectivity index (χ3n) is 2.74. The number of carbonyl (C=O) groups is 1. The zero-order valence-corrected chi connectivity index (χ0v) is 11.6. The van der Waals surface area contributed by atoms with Crippen molar-refractivity contribution in [3.8, 4) is 11.8 Å². The Labute approximate surface area is 117 Å². The van der Waals surface area contributed by atoms with Crippen molar-refractivity contribution in [3.05, 3.63) is 35.1 Å². The quantitative estimate of drug-likeness (QED) is 0.809. The van der Waals surface area contributed by atoms with E-state index in [0.717, 1.165) is 0 Å². The monoisotopic (exact) mass is 279 g/mol. The molecular weight excluding hydrogens is 261 g/mol. The van der Waals surface area contributed by atoms with E-state index in [1.165, 1.54) is 23.1 Å². The summed E-state index contributed by atoms with van der Waals surface area (Å²) in [6, 6.07) is 3.73. The minimum atomic E-state index is -0.493. The summed E-state index contributed by atoms with van der Waals surface area (Å²) in [7, 11) is 1.61. The third-order valence-corrected chi connectivity index (χ3v) is 2.74. The maximum absolute atomic E-state index is 13.2. The van der Waals surface area contributed by atoms with Crippen LogP contribution in [0.25, 0.3) is 0 Å². The molecule has 1 unspecified atom stereocenters. The van der Waals surface area contributed by atoms with Gasteiger partial charge in [-0.05, 0) is 31.5 Å². The lowest BCUT2D eigenvalue weighted by molar-refractivity contribution is 0.0768. The largest absolute Gasteiger partial charge is 0.393 e. The van der Waals surface area contributed by atoms with Gasteiger partial charge in [0.15, 0.2) is 0 Å². The van der Waals surface area contributed by atoms with Crippen LogP contribution in [0, 0.1) is 17.7 Å². The van der Waals surface area contributed by atoms with Crippen molar-refractivity contribution in [1.82, 2.24) is 4.90 Å². The minimum absolute atomic E-state index is 0.243. The van der Waals surface area contributed by atoms with Crippen LogP contribution in [0.1, 0.15) is 29.3 Å². The Kier molecular flexibility index (Phi) is 6.16. The van der Waals surface area contributed by atoms with Gasteiger partial charge >= 0.3 is 0 Å². The van der Waals surface area contributed by atoms with Crippen LogP contribution in [0.4, 0.5) is 4.39 Å². The van der Waals surface area contributed by atoms with E-state index >= 15 is 0 Å². The van der Waals surface area contributed by atoms with Gasteiger partial charge in [-0.3, -0.25) is 4.79 Å². The highest BCUT2D eigenvalue weighted by atomic mass is 19.1. The van der Waals surface area contributed by atoms with Crippen LogP contribution in [-0.4, -0.2) is 47.3 Å². The Morgan fingerprint density at radius 3 is 2.80 bits per heavy atom. The molecule has 0 saturated carbocycles. The lowest BCUT2D eigenvalue weighted by Crippen LogP contribution is -2.30. The van der Waals surface area contributed by atoms with Crippen LogP contribution in [-0.2, 0) is 0 Å². The van der Waals surface area contributed by atoms with Crippen molar-refractivity contribution < 1.29 is 19.4 Å². The summed E-state index contributed by atoms with van der Waals surface area (Å²) >= 11 is 0. The first kappa shape index (κ1) is 16.2. The van der Waals surface area contributed by atoms with Crippen molar-refractivity contribution in [2.24, 2.45) is 0 Å². The average Bonchev–Trinajstić information content (AvgIpc) is 2.41. The van der Waals surface area contributed by atoms with E-state index in [9.17, 15) is 14.3 Å². The molecule has 1 aromatic rings. The normalized spacial score (nSPS) is 11.4. The molecule has 0 fully saturated rings. The first-order chi connectivity index (χ1) is 9.45. The molecule has 1 rings (SSSR count). The highest BCUT2D eigenvalue weighted by molar-refractivity contribution is 5.96. The number of rotatable bonds is 4. The van der Waals surface area contributed by atoms with Crippen LogP contribution >= 0.6 is 0 Å². The van der Waals surface area contributed by atoms with E-state index in [4.69, 9.17) is 5.11 Å². The maximum atomic E-state index is 13.2. The van der Waals surface area contributed by atoms with E-state index in [1.54, 1.807) is 14.0 Å². The number of halogens is 1. The van der Waals surface area contributed by atoms with Crippen molar-refractivity contribution in [2.75, 3.05) is 20.2 Å². The molecule has 0 aliphatic rings. The molecule has 0 aromatic heterocycles. The summed E-state index contributed by atoms with van der Waals surface area (Å²) in [4.78, 5) is 13.7. The maximum Gasteiger partial charge on any atom is 0.254 e. The molecule has 0 aliphatic heterocycles. The summed E-state index contributed by atoms with van der Waals surface area (Å²) in [5, 5.41) is 17.9. The molecule has 0 saturated heterocycles. The van der Waals surface area contributed by atoms with Gasteiger partial charge in [0, 0.05) is 19.2 Å². The molecular formula is C15H18FNO3. The minimum Gasteiger partial charge on any atom is -0.393 e. The Morgan fingerprint density at radius 1 is 1.50 bits per heavy atom.